The van der Waals surface area contributed by atoms with Gasteiger partial charge in [0.25, 0.3) is 0 Å². The van der Waals surface area contributed by atoms with Crippen molar-refractivity contribution in [3.05, 3.63) is 199 Å². The third-order valence-corrected chi connectivity index (χ3v) is 29.6. The van der Waals surface area contributed by atoms with E-state index in [9.17, 15) is 0 Å². The van der Waals surface area contributed by atoms with E-state index in [-0.39, 0.29) is 0 Å². The van der Waals surface area contributed by atoms with Crippen LogP contribution in [0, 0.1) is 35.5 Å². The van der Waals surface area contributed by atoms with Crippen LogP contribution in [0.2, 0.25) is 0 Å². The predicted octanol–water partition coefficient (Wildman–Crippen LogP) is 16.4. The molecule has 0 N–H and O–H groups in total. The monoisotopic (exact) mass is 1560 g/mol. The van der Waals surface area contributed by atoms with Crippen molar-refractivity contribution in [1.82, 2.24) is 77.5 Å². The minimum absolute atomic E-state index is 0.841. The summed E-state index contributed by atoms with van der Waals surface area (Å²) in [6.45, 7) is 17.7. The van der Waals surface area contributed by atoms with Gasteiger partial charge in [0.2, 0.25) is 0 Å². The quantitative estimate of drug-likeness (QED) is 0.154. The molecule has 0 aromatic carbocycles. The molecule has 1 saturated carbocycles. The molecule has 0 radical (unpaired) electrons. The van der Waals surface area contributed by atoms with Crippen LogP contribution in [0.15, 0.2) is 166 Å². The average molecular weight is 1560 g/mol. The van der Waals surface area contributed by atoms with E-state index in [2.05, 4.69) is 160 Å². The molecule has 2 aliphatic carbocycles. The van der Waals surface area contributed by atoms with Crippen LogP contribution in [-0.2, 0) is 38.8 Å². The highest BCUT2D eigenvalue weighted by molar-refractivity contribution is 8.02. The summed E-state index contributed by atoms with van der Waals surface area (Å²) in [4.78, 5) is 36.4. The smallest absolute Gasteiger partial charge is 0.0732 e. The third-order valence-electron chi connectivity index (χ3n) is 20.8. The largest absolute Gasteiger partial charge is 0.287 e. The second-order valence-electron chi connectivity index (χ2n) is 27.4. The zero-order valence-corrected chi connectivity index (χ0v) is 70.8. The number of rotatable bonds is 4. The molecule has 7 aliphatic heterocycles. The molecule has 16 heterocycles. The molecule has 17 unspecified atom stereocenters. The molecule has 5 saturated heterocycles. The number of hydrogen-bond acceptors (Lipinski definition) is 16. The van der Waals surface area contributed by atoms with Gasteiger partial charge in [-0.3, -0.25) is 77.5 Å². The van der Waals surface area contributed by atoms with Crippen LogP contribution in [0.3, 0.4) is 0 Å². The number of aromatic nitrogens is 9. The highest BCUT2D eigenvalue weighted by Gasteiger charge is 2.34. The molecule has 16 nitrogen and oxygen atoms in total. The molecule has 9 aromatic heterocycles. The first-order valence-corrected chi connectivity index (χ1v) is 48.7. The highest BCUT2D eigenvalue weighted by Crippen LogP contribution is 2.41. The van der Waals surface area contributed by atoms with E-state index < -0.39 is 0 Å². The van der Waals surface area contributed by atoms with Crippen LogP contribution in [0.4, 0.5) is 0 Å². The summed E-state index contributed by atoms with van der Waals surface area (Å²) < 4.78 is 17.3. The van der Waals surface area contributed by atoms with Gasteiger partial charge in [0.1, 0.15) is 0 Å². The number of fused-ring (bicyclic) bond motifs is 9. The zero-order valence-electron chi connectivity index (χ0n) is 58.8. The fourth-order valence-corrected chi connectivity index (χ4v) is 21.1. The van der Waals surface area contributed by atoms with Gasteiger partial charge in [-0.25, -0.2) is 0 Å². The van der Waals surface area contributed by atoms with Gasteiger partial charge >= 0.3 is 0 Å². The van der Waals surface area contributed by atoms with Gasteiger partial charge in [-0.15, -0.1) is 0 Å². The first kappa shape index (κ1) is 81.1. The molecule has 9 aromatic rings. The Morgan fingerprint density at radius 3 is 1.24 bits per heavy atom. The minimum Gasteiger partial charge on any atom is -0.287 e. The van der Waals surface area contributed by atoms with Gasteiger partial charge in [0.05, 0.1) is 5.52 Å². The lowest BCUT2D eigenvalue weighted by molar-refractivity contribution is 0.119. The number of piperidine rings is 5. The molecule has 101 heavy (non-hydrogen) atoms. The molecule has 0 bridgehead atoms. The lowest BCUT2D eigenvalue weighted by atomic mass is 9.76. The fraction of sp³-hybridized carbons (Fsp3) is 0.473. The van der Waals surface area contributed by atoms with Crippen molar-refractivity contribution in [3.63, 3.8) is 0 Å². The molecule has 0 amide bonds. The van der Waals surface area contributed by atoms with Crippen molar-refractivity contribution in [2.75, 3.05) is 78.5 Å². The Balaban J connectivity index is 0.000000123. The topological polar surface area (TPSA) is 139 Å². The molecular formula is C74H109N16P11. The average Bonchev–Trinajstić information content (AvgIpc) is 0.882. The first-order valence-electron chi connectivity index (χ1n) is 36.1. The molecule has 17 atom stereocenters. The molecule has 540 valence electrons. The number of aryl methyl sites for hydroxylation is 2. The molecule has 9 aliphatic rings. The summed E-state index contributed by atoms with van der Waals surface area (Å²) in [6, 6.07) is 20.0. The maximum atomic E-state index is 4.14. The molecule has 0 spiro atoms. The van der Waals surface area contributed by atoms with E-state index in [1.165, 1.54) is 207 Å². The Morgan fingerprint density at radius 2 is 0.673 bits per heavy atom. The Morgan fingerprint density at radius 1 is 0.287 bits per heavy atom. The van der Waals surface area contributed by atoms with Crippen molar-refractivity contribution in [2.24, 2.45) is 35.5 Å². The second-order valence-corrected chi connectivity index (χ2v) is 36.3. The molecular weight excluding hydrogens is 1450 g/mol. The Labute approximate surface area is 626 Å². The Hall–Kier alpha value is -2.42. The third kappa shape index (κ3) is 27.0. The Kier molecular flexibility index (Phi) is 36.5. The normalized spacial score (nSPS) is 23.2. The summed E-state index contributed by atoms with van der Waals surface area (Å²) in [5, 5.41) is 5.63. The summed E-state index contributed by atoms with van der Waals surface area (Å²) in [7, 11) is 23.5. The zero-order chi connectivity index (χ0) is 70.2. The highest BCUT2D eigenvalue weighted by atomic mass is 32.0. The van der Waals surface area contributed by atoms with E-state index in [1.54, 1.807) is 37.2 Å². The van der Waals surface area contributed by atoms with Crippen LogP contribution in [-0.4, -0.2) is 156 Å². The van der Waals surface area contributed by atoms with E-state index in [1.807, 2.05) is 111 Å². The summed E-state index contributed by atoms with van der Waals surface area (Å²) in [5.41, 5.74) is 9.74. The number of pyridine rings is 9. The maximum Gasteiger partial charge on any atom is 0.0732 e. The molecule has 27 heteroatoms. The second kappa shape index (κ2) is 45.4. The van der Waals surface area contributed by atoms with Gasteiger partial charge in [0, 0.05) is 219 Å². The first-order chi connectivity index (χ1) is 49.6. The maximum absolute atomic E-state index is 4.14. The lowest BCUT2D eigenvalue weighted by Gasteiger charge is -2.43. The Bertz CT molecular complexity index is 3390. The van der Waals surface area contributed by atoms with Crippen LogP contribution < -0.4 is 0 Å². The van der Waals surface area contributed by atoms with Gasteiger partial charge in [-0.1, -0.05) is 83.1 Å². The standard InChI is InChI=1S/C9H18NP.C9H11N.2C8H19N2P3.2C8H12N2P2.3C8H6N2/c11-10-6-5-8-3-1-2-4-9(8)7-10;1-2-4-9-7-10-6-5-8(9)3-1;11-9-3-1-8-6-10(13-12)4-2-7(8)5-9;11-9-3-1-7-2-4-10(13-12)6-8(7)5-9;11-12-10-4-2-7-5-9-3-1-8(7)6-10;11-12-10-4-2-7-1-3-9-5-8(7)6-10;1-3-9-6-8-2-4-10-5-7(1)8;1-3-9-5-8-6-10-4-2-7(1)8;1-2-7-6-9-5-3-8(7)10-4-1/h8-9H,1-7,11H2;5-7H,1-4H2;2*7-8,13H,1-6,11-12H2;2*1,3,5,12H,2,4,6,11H2;3*1-6H. The SMILES string of the molecule is PN1CCC2CCCCC2C1.PPN1CCC2CCN(P)CC2C1.PPN1CCC2CN(P)CCC2C1.PPN1CCc2ccncc2C1.PPN1CCc2cnccc2C1.c1cc2c(cn1)CCCC2.c1cc2ccncc2cn1.c1cc2cnccc2cn1.c1cnc2ccncc2c1. The van der Waals surface area contributed by atoms with Crippen molar-refractivity contribution in [2.45, 2.75) is 109 Å². The molecule has 18 rings (SSSR count). The lowest BCUT2D eigenvalue weighted by Crippen LogP contribution is -2.44. The van der Waals surface area contributed by atoms with E-state index in [0.29, 0.717) is 0 Å². The summed E-state index contributed by atoms with van der Waals surface area (Å²) in [6.07, 6.45) is 52.0. The van der Waals surface area contributed by atoms with Crippen LogP contribution in [0.1, 0.15) is 104 Å². The van der Waals surface area contributed by atoms with Gasteiger partial charge < -0.3 is 0 Å². The van der Waals surface area contributed by atoms with Crippen molar-refractivity contribution in [1.29, 1.82) is 0 Å². The van der Waals surface area contributed by atoms with Crippen molar-refractivity contribution < 1.29 is 0 Å². The number of nitrogens with zero attached hydrogens (tertiary/aromatic N) is 16. The van der Waals surface area contributed by atoms with Gasteiger partial charge in [-0.2, -0.15) is 0 Å². The van der Waals surface area contributed by atoms with Gasteiger partial charge in [-0.05, 0) is 246 Å². The van der Waals surface area contributed by atoms with Gasteiger partial charge in [0.15, 0.2) is 0 Å². The van der Waals surface area contributed by atoms with Crippen LogP contribution in [0.5, 0.6) is 0 Å². The van der Waals surface area contributed by atoms with E-state index in [4.69, 9.17) is 0 Å². The molecule has 6 fully saturated rings. The van der Waals surface area contributed by atoms with Crippen molar-refractivity contribution in [3.8, 4) is 0 Å². The van der Waals surface area contributed by atoms with E-state index in [0.717, 1.165) is 116 Å². The summed E-state index contributed by atoms with van der Waals surface area (Å²) in [5.74, 6) is 6.04. The fourth-order valence-electron chi connectivity index (χ4n) is 14.9. The number of hydrogen-bond donors (Lipinski definition) is 0. The van der Waals surface area contributed by atoms with Crippen LogP contribution in [0.25, 0.3) is 32.4 Å². The van der Waals surface area contributed by atoms with E-state index >= 15 is 0 Å². The summed E-state index contributed by atoms with van der Waals surface area (Å²) >= 11 is 0. The minimum atomic E-state index is 0.841. The predicted molar refractivity (Wildman–Crippen MR) is 458 cm³/mol. The van der Waals surface area contributed by atoms with Crippen LogP contribution >= 0.6 is 97.6 Å². The van der Waals surface area contributed by atoms with Crippen molar-refractivity contribution >= 4 is 130 Å².